The summed E-state index contributed by atoms with van der Waals surface area (Å²) in [6, 6.07) is 7.32. The summed E-state index contributed by atoms with van der Waals surface area (Å²) in [5, 5.41) is 6.83. The van der Waals surface area contributed by atoms with Crippen molar-refractivity contribution in [3.8, 4) is 0 Å². The predicted molar refractivity (Wildman–Crippen MR) is 114 cm³/mol. The minimum atomic E-state index is -0.623. The van der Waals surface area contributed by atoms with Crippen LogP contribution in [0.5, 0.6) is 0 Å². The van der Waals surface area contributed by atoms with Crippen molar-refractivity contribution in [2.75, 3.05) is 32.8 Å². The molecule has 2 amide bonds. The van der Waals surface area contributed by atoms with E-state index in [0.29, 0.717) is 25.5 Å². The Kier molecular flexibility index (Phi) is 7.28. The maximum atomic E-state index is 12.8. The minimum Gasteiger partial charge on any atom is -0.374 e. The fourth-order valence-corrected chi connectivity index (χ4v) is 3.90. The number of nitrogens with zero attached hydrogens (tertiary/aromatic N) is 1. The lowest BCUT2D eigenvalue weighted by molar-refractivity contribution is -0.128. The smallest absolute Gasteiger partial charge is 0.243 e. The molecule has 158 valence electrons. The molecule has 3 N–H and O–H groups in total. The fourth-order valence-electron chi connectivity index (χ4n) is 3.90. The summed E-state index contributed by atoms with van der Waals surface area (Å²) >= 11 is 0. The quantitative estimate of drug-likeness (QED) is 0.629. The zero-order chi connectivity index (χ0) is 20.8. The Hall–Kier alpha value is -2.38. The van der Waals surface area contributed by atoms with Crippen LogP contribution in [0.3, 0.4) is 0 Å². The third-order valence-electron chi connectivity index (χ3n) is 5.14. The largest absolute Gasteiger partial charge is 0.374 e. The van der Waals surface area contributed by atoms with Gasteiger partial charge in [0.05, 0.1) is 12.7 Å². The molecular formula is C22H32N4O3. The number of aromatic nitrogens is 1. The maximum Gasteiger partial charge on any atom is 0.243 e. The van der Waals surface area contributed by atoms with E-state index in [0.717, 1.165) is 36.1 Å². The number of ether oxygens (including phenoxy) is 1. The number of benzene rings is 1. The minimum absolute atomic E-state index is 0.0301. The Morgan fingerprint density at radius 1 is 1.31 bits per heavy atom. The number of carbonyl (C=O) groups excluding carboxylic acids is 2. The summed E-state index contributed by atoms with van der Waals surface area (Å²) in [7, 11) is 0. The summed E-state index contributed by atoms with van der Waals surface area (Å²) in [5.74, 6) is 0.195. The van der Waals surface area contributed by atoms with Crippen LogP contribution >= 0.6 is 0 Å². The number of para-hydroxylation sites is 1. The van der Waals surface area contributed by atoms with Crippen molar-refractivity contribution >= 4 is 22.7 Å². The van der Waals surface area contributed by atoms with Crippen LogP contribution in [-0.4, -0.2) is 66.6 Å². The van der Waals surface area contributed by atoms with Crippen LogP contribution in [0.1, 0.15) is 26.3 Å². The van der Waals surface area contributed by atoms with Gasteiger partial charge in [0.2, 0.25) is 11.8 Å². The SMILES string of the molecule is CC(=O)N[C@@H](Cc1c[nH]c2ccccc12)C(=O)NC[C@@H]1CN(CC(C)C)CCO1. The molecule has 0 aliphatic carbocycles. The van der Waals surface area contributed by atoms with Gasteiger partial charge in [0, 0.05) is 56.6 Å². The van der Waals surface area contributed by atoms with Crippen LogP contribution in [0.4, 0.5) is 0 Å². The Morgan fingerprint density at radius 2 is 2.10 bits per heavy atom. The number of hydrogen-bond donors (Lipinski definition) is 3. The number of hydrogen-bond acceptors (Lipinski definition) is 4. The van der Waals surface area contributed by atoms with Crippen molar-refractivity contribution in [1.29, 1.82) is 0 Å². The zero-order valence-electron chi connectivity index (χ0n) is 17.5. The number of rotatable bonds is 8. The summed E-state index contributed by atoms with van der Waals surface area (Å²) in [6.07, 6.45) is 2.30. The highest BCUT2D eigenvalue weighted by atomic mass is 16.5. The van der Waals surface area contributed by atoms with E-state index >= 15 is 0 Å². The first-order valence-electron chi connectivity index (χ1n) is 10.4. The highest BCUT2D eigenvalue weighted by Gasteiger charge is 2.25. The molecule has 0 saturated carbocycles. The molecule has 7 nitrogen and oxygen atoms in total. The molecule has 0 unspecified atom stereocenters. The molecule has 29 heavy (non-hydrogen) atoms. The molecule has 3 rings (SSSR count). The third-order valence-corrected chi connectivity index (χ3v) is 5.14. The fraction of sp³-hybridized carbons (Fsp3) is 0.545. The van der Waals surface area contributed by atoms with E-state index in [1.165, 1.54) is 6.92 Å². The Balaban J connectivity index is 1.60. The molecule has 1 fully saturated rings. The van der Waals surface area contributed by atoms with Gasteiger partial charge < -0.3 is 20.4 Å². The van der Waals surface area contributed by atoms with Crippen molar-refractivity contribution in [2.24, 2.45) is 5.92 Å². The number of aromatic amines is 1. The topological polar surface area (TPSA) is 86.5 Å². The van der Waals surface area contributed by atoms with Crippen molar-refractivity contribution in [3.63, 3.8) is 0 Å². The molecule has 0 bridgehead atoms. The summed E-state index contributed by atoms with van der Waals surface area (Å²) in [5.41, 5.74) is 2.02. The molecule has 1 aliphatic rings. The number of morpholine rings is 1. The van der Waals surface area contributed by atoms with Gasteiger partial charge in [-0.3, -0.25) is 14.5 Å². The first-order valence-corrected chi connectivity index (χ1v) is 10.4. The average Bonchev–Trinajstić information content (AvgIpc) is 3.08. The molecule has 7 heteroatoms. The van der Waals surface area contributed by atoms with Gasteiger partial charge in [-0.15, -0.1) is 0 Å². The van der Waals surface area contributed by atoms with Crippen LogP contribution in [0.15, 0.2) is 30.5 Å². The lowest BCUT2D eigenvalue weighted by atomic mass is 10.0. The number of amides is 2. The Labute approximate surface area is 172 Å². The van der Waals surface area contributed by atoms with Gasteiger partial charge in [-0.25, -0.2) is 0 Å². The lowest BCUT2D eigenvalue weighted by Gasteiger charge is -2.34. The second-order valence-corrected chi connectivity index (χ2v) is 8.21. The molecule has 2 aromatic rings. The zero-order valence-corrected chi connectivity index (χ0v) is 17.5. The van der Waals surface area contributed by atoms with Crippen molar-refractivity contribution in [2.45, 2.75) is 39.3 Å². The second kappa shape index (κ2) is 9.89. The number of H-pyrrole nitrogens is 1. The van der Waals surface area contributed by atoms with E-state index in [-0.39, 0.29) is 17.9 Å². The van der Waals surface area contributed by atoms with E-state index in [1.54, 1.807) is 0 Å². The Morgan fingerprint density at radius 3 is 2.86 bits per heavy atom. The van der Waals surface area contributed by atoms with Gasteiger partial charge in [-0.1, -0.05) is 32.0 Å². The molecule has 2 heterocycles. The van der Waals surface area contributed by atoms with E-state index in [9.17, 15) is 9.59 Å². The number of carbonyl (C=O) groups is 2. The molecule has 1 aromatic carbocycles. The van der Waals surface area contributed by atoms with E-state index in [1.807, 2.05) is 30.5 Å². The van der Waals surface area contributed by atoms with E-state index < -0.39 is 6.04 Å². The first kappa shape index (κ1) is 21.3. The molecule has 1 aliphatic heterocycles. The van der Waals surface area contributed by atoms with Crippen LogP contribution < -0.4 is 10.6 Å². The maximum absolute atomic E-state index is 12.8. The van der Waals surface area contributed by atoms with Crippen LogP contribution in [0, 0.1) is 5.92 Å². The summed E-state index contributed by atoms with van der Waals surface area (Å²) in [4.78, 5) is 30.1. The first-order chi connectivity index (χ1) is 13.9. The lowest BCUT2D eigenvalue weighted by Crippen LogP contribution is -2.52. The van der Waals surface area contributed by atoms with Gasteiger partial charge >= 0.3 is 0 Å². The van der Waals surface area contributed by atoms with E-state index in [4.69, 9.17) is 4.74 Å². The average molecular weight is 401 g/mol. The Bertz CT molecular complexity index is 832. The van der Waals surface area contributed by atoms with Gasteiger partial charge in [-0.2, -0.15) is 0 Å². The molecule has 1 saturated heterocycles. The molecule has 0 spiro atoms. The standard InChI is InChI=1S/C22H32N4O3/c1-15(2)13-26-8-9-29-18(14-26)12-24-22(28)21(25-16(3)27)10-17-11-23-20-7-5-4-6-19(17)20/h4-7,11,15,18,21,23H,8-10,12-14H2,1-3H3,(H,24,28)(H,25,27)/t18-,21+/m1/s1. The van der Waals surface area contributed by atoms with Crippen molar-refractivity contribution in [1.82, 2.24) is 20.5 Å². The van der Waals surface area contributed by atoms with Crippen molar-refractivity contribution < 1.29 is 14.3 Å². The molecular weight excluding hydrogens is 368 g/mol. The van der Waals surface area contributed by atoms with Gasteiger partial charge in [0.1, 0.15) is 6.04 Å². The van der Waals surface area contributed by atoms with Gasteiger partial charge in [-0.05, 0) is 17.5 Å². The molecule has 1 aromatic heterocycles. The van der Waals surface area contributed by atoms with Crippen molar-refractivity contribution in [3.05, 3.63) is 36.0 Å². The van der Waals surface area contributed by atoms with E-state index in [2.05, 4.69) is 34.4 Å². The highest BCUT2D eigenvalue weighted by molar-refractivity contribution is 5.89. The van der Waals surface area contributed by atoms with Crippen LogP contribution in [0.2, 0.25) is 0 Å². The number of nitrogens with one attached hydrogen (secondary N) is 3. The molecule has 0 radical (unpaired) electrons. The summed E-state index contributed by atoms with van der Waals surface area (Å²) < 4.78 is 5.82. The number of fused-ring (bicyclic) bond motifs is 1. The van der Waals surface area contributed by atoms with Crippen LogP contribution in [0.25, 0.3) is 10.9 Å². The monoisotopic (exact) mass is 400 g/mol. The second-order valence-electron chi connectivity index (χ2n) is 8.21. The predicted octanol–water partition coefficient (Wildman–Crippen LogP) is 1.69. The van der Waals surface area contributed by atoms with Gasteiger partial charge in [0.15, 0.2) is 0 Å². The highest BCUT2D eigenvalue weighted by Crippen LogP contribution is 2.19. The third kappa shape index (κ3) is 6.05. The van der Waals surface area contributed by atoms with Crippen LogP contribution in [-0.2, 0) is 20.7 Å². The summed E-state index contributed by atoms with van der Waals surface area (Å²) in [6.45, 7) is 9.73. The molecule has 2 atom stereocenters. The normalized spacial score (nSPS) is 18.7. The van der Waals surface area contributed by atoms with Gasteiger partial charge in [0.25, 0.3) is 0 Å².